The summed E-state index contributed by atoms with van der Waals surface area (Å²) in [7, 11) is 0. The first-order valence-corrected chi connectivity index (χ1v) is 6.58. The van der Waals surface area contributed by atoms with Crippen LogP contribution < -0.4 is 11.1 Å². The van der Waals surface area contributed by atoms with Gasteiger partial charge in [-0.2, -0.15) is 0 Å². The number of rotatable bonds is 5. The molecule has 0 unspecified atom stereocenters. The molecule has 5 heteroatoms. The van der Waals surface area contributed by atoms with Crippen LogP contribution in [0, 0.1) is 5.41 Å². The highest BCUT2D eigenvalue weighted by Gasteiger charge is 2.48. The fourth-order valence-electron chi connectivity index (χ4n) is 1.65. The van der Waals surface area contributed by atoms with E-state index in [-0.39, 0.29) is 11.3 Å². The molecule has 1 aromatic heterocycles. The topological polar surface area (TPSA) is 55.1 Å². The zero-order valence-corrected chi connectivity index (χ0v) is 10.5. The van der Waals surface area contributed by atoms with Crippen molar-refractivity contribution in [1.29, 1.82) is 0 Å². The van der Waals surface area contributed by atoms with E-state index in [1.165, 1.54) is 4.88 Å². The second-order valence-corrected chi connectivity index (χ2v) is 6.00. The average molecular weight is 259 g/mol. The van der Waals surface area contributed by atoms with Crippen molar-refractivity contribution in [3.63, 3.8) is 0 Å². The molecule has 1 heterocycles. The Morgan fingerprint density at radius 3 is 2.81 bits per heavy atom. The van der Waals surface area contributed by atoms with Crippen LogP contribution in [0.3, 0.4) is 0 Å². The minimum Gasteiger partial charge on any atom is -0.355 e. The number of hydrogen-bond acceptors (Lipinski definition) is 3. The molecule has 0 bridgehead atoms. The maximum Gasteiger partial charge on any atom is 0.227 e. The zero-order valence-electron chi connectivity index (χ0n) is 8.96. The van der Waals surface area contributed by atoms with Crippen LogP contribution in [0.5, 0.6) is 0 Å². The second kappa shape index (κ2) is 4.73. The summed E-state index contributed by atoms with van der Waals surface area (Å²) in [6.45, 7) is 1.13. The third-order valence-electron chi connectivity index (χ3n) is 3.01. The molecule has 1 aliphatic rings. The normalized spacial score (nSPS) is 17.1. The lowest BCUT2D eigenvalue weighted by molar-refractivity contribution is -0.125. The number of amides is 1. The van der Waals surface area contributed by atoms with Gasteiger partial charge in [-0.25, -0.2) is 0 Å². The largest absolute Gasteiger partial charge is 0.355 e. The second-order valence-electron chi connectivity index (χ2n) is 4.20. The van der Waals surface area contributed by atoms with Gasteiger partial charge >= 0.3 is 0 Å². The number of halogens is 1. The van der Waals surface area contributed by atoms with E-state index in [0.29, 0.717) is 13.1 Å². The van der Waals surface area contributed by atoms with Crippen LogP contribution in [-0.2, 0) is 11.2 Å². The third kappa shape index (κ3) is 2.56. The molecule has 16 heavy (non-hydrogen) atoms. The highest BCUT2D eigenvalue weighted by atomic mass is 35.5. The first-order valence-electron chi connectivity index (χ1n) is 5.39. The molecule has 88 valence electrons. The smallest absolute Gasteiger partial charge is 0.227 e. The van der Waals surface area contributed by atoms with Crippen molar-refractivity contribution < 1.29 is 4.79 Å². The van der Waals surface area contributed by atoms with E-state index in [1.54, 1.807) is 11.3 Å². The van der Waals surface area contributed by atoms with E-state index in [0.717, 1.165) is 23.6 Å². The van der Waals surface area contributed by atoms with Gasteiger partial charge in [0.15, 0.2) is 0 Å². The Morgan fingerprint density at radius 2 is 2.31 bits per heavy atom. The highest BCUT2D eigenvalue weighted by Crippen LogP contribution is 2.44. The van der Waals surface area contributed by atoms with Gasteiger partial charge in [0.2, 0.25) is 5.91 Å². The molecule has 2 rings (SSSR count). The fraction of sp³-hybridized carbons (Fsp3) is 0.545. The Morgan fingerprint density at radius 1 is 1.56 bits per heavy atom. The first kappa shape index (κ1) is 11.9. The van der Waals surface area contributed by atoms with Crippen molar-refractivity contribution in [2.75, 3.05) is 13.1 Å². The maximum atomic E-state index is 11.7. The molecular weight excluding hydrogens is 244 g/mol. The molecule has 1 amide bonds. The first-order chi connectivity index (χ1) is 7.66. The molecule has 0 aliphatic heterocycles. The SMILES string of the molecule is NCC1(C(=O)NCCc2ccc(Cl)s2)CC1. The lowest BCUT2D eigenvalue weighted by Gasteiger charge is -2.12. The van der Waals surface area contributed by atoms with Crippen LogP contribution in [0.15, 0.2) is 12.1 Å². The summed E-state index contributed by atoms with van der Waals surface area (Å²) in [5.74, 6) is 0.109. The summed E-state index contributed by atoms with van der Waals surface area (Å²) in [4.78, 5) is 12.9. The van der Waals surface area contributed by atoms with Crippen molar-refractivity contribution in [3.8, 4) is 0 Å². The average Bonchev–Trinajstić information content (AvgIpc) is 2.98. The summed E-state index contributed by atoms with van der Waals surface area (Å²) in [5.41, 5.74) is 5.34. The molecule has 0 aromatic carbocycles. The molecule has 1 aromatic rings. The Balaban J connectivity index is 1.74. The van der Waals surface area contributed by atoms with Crippen molar-refractivity contribution in [2.45, 2.75) is 19.3 Å². The quantitative estimate of drug-likeness (QED) is 0.846. The predicted molar refractivity (Wildman–Crippen MR) is 66.8 cm³/mol. The third-order valence-corrected chi connectivity index (χ3v) is 4.30. The van der Waals surface area contributed by atoms with E-state index in [1.807, 2.05) is 12.1 Å². The number of nitrogens with one attached hydrogen (secondary N) is 1. The van der Waals surface area contributed by atoms with Gasteiger partial charge in [-0.3, -0.25) is 4.79 Å². The molecule has 3 N–H and O–H groups in total. The standard InChI is InChI=1S/C11H15ClN2OS/c12-9-2-1-8(16-9)3-6-14-10(15)11(7-13)4-5-11/h1-2H,3-7,13H2,(H,14,15). The number of nitrogens with two attached hydrogens (primary N) is 1. The van der Waals surface area contributed by atoms with E-state index in [9.17, 15) is 4.79 Å². The number of thiophene rings is 1. The monoisotopic (exact) mass is 258 g/mol. The van der Waals surface area contributed by atoms with Crippen molar-refractivity contribution in [2.24, 2.45) is 11.1 Å². The van der Waals surface area contributed by atoms with Gasteiger partial charge in [-0.1, -0.05) is 11.6 Å². The Labute approximate surface area is 104 Å². The molecule has 3 nitrogen and oxygen atoms in total. The molecular formula is C11H15ClN2OS. The van der Waals surface area contributed by atoms with Crippen LogP contribution in [-0.4, -0.2) is 19.0 Å². The Hall–Kier alpha value is -0.580. The van der Waals surface area contributed by atoms with Crippen LogP contribution >= 0.6 is 22.9 Å². The maximum absolute atomic E-state index is 11.7. The molecule has 1 saturated carbocycles. The van der Waals surface area contributed by atoms with Crippen LogP contribution in [0.1, 0.15) is 17.7 Å². The van der Waals surface area contributed by atoms with Gasteiger partial charge in [-0.05, 0) is 31.4 Å². The van der Waals surface area contributed by atoms with Crippen LogP contribution in [0.4, 0.5) is 0 Å². The fourth-order valence-corrected chi connectivity index (χ4v) is 2.73. The van der Waals surface area contributed by atoms with E-state index < -0.39 is 0 Å². The predicted octanol–water partition coefficient (Wildman–Crippen LogP) is 1.80. The van der Waals surface area contributed by atoms with E-state index >= 15 is 0 Å². The summed E-state index contributed by atoms with van der Waals surface area (Å²) in [6, 6.07) is 3.88. The van der Waals surface area contributed by atoms with Crippen molar-refractivity contribution >= 4 is 28.8 Å². The molecule has 0 saturated heterocycles. The number of hydrogen-bond donors (Lipinski definition) is 2. The van der Waals surface area contributed by atoms with E-state index in [2.05, 4.69) is 5.32 Å². The molecule has 0 radical (unpaired) electrons. The number of carbonyl (C=O) groups excluding carboxylic acids is 1. The lowest BCUT2D eigenvalue weighted by atomic mass is 10.1. The minimum atomic E-state index is -0.243. The molecule has 0 atom stereocenters. The van der Waals surface area contributed by atoms with Gasteiger partial charge in [-0.15, -0.1) is 11.3 Å². The van der Waals surface area contributed by atoms with Gasteiger partial charge in [0.05, 0.1) is 9.75 Å². The Bertz CT molecular complexity index is 387. The van der Waals surface area contributed by atoms with Crippen LogP contribution in [0.2, 0.25) is 4.34 Å². The highest BCUT2D eigenvalue weighted by molar-refractivity contribution is 7.16. The number of carbonyl (C=O) groups is 1. The minimum absolute atomic E-state index is 0.109. The molecule has 1 aliphatic carbocycles. The molecule has 0 spiro atoms. The zero-order chi connectivity index (χ0) is 11.6. The summed E-state index contributed by atoms with van der Waals surface area (Å²) in [6.07, 6.45) is 2.70. The van der Waals surface area contributed by atoms with Gasteiger partial charge in [0.25, 0.3) is 0 Å². The summed E-state index contributed by atoms with van der Waals surface area (Å²) in [5, 5.41) is 2.94. The van der Waals surface area contributed by atoms with Gasteiger partial charge in [0.1, 0.15) is 0 Å². The van der Waals surface area contributed by atoms with Gasteiger partial charge < -0.3 is 11.1 Å². The van der Waals surface area contributed by atoms with E-state index in [4.69, 9.17) is 17.3 Å². The summed E-state index contributed by atoms with van der Waals surface area (Å²) >= 11 is 7.38. The van der Waals surface area contributed by atoms with Crippen LogP contribution in [0.25, 0.3) is 0 Å². The van der Waals surface area contributed by atoms with Crippen molar-refractivity contribution in [3.05, 3.63) is 21.3 Å². The summed E-state index contributed by atoms with van der Waals surface area (Å²) < 4.78 is 0.793. The molecule has 1 fully saturated rings. The Kier molecular flexibility index (Phi) is 3.52. The lowest BCUT2D eigenvalue weighted by Crippen LogP contribution is -2.37. The van der Waals surface area contributed by atoms with Crippen molar-refractivity contribution in [1.82, 2.24) is 5.32 Å². The van der Waals surface area contributed by atoms with Gasteiger partial charge in [0, 0.05) is 18.0 Å².